The summed E-state index contributed by atoms with van der Waals surface area (Å²) in [5.74, 6) is 0.636. The number of halogens is 1. The van der Waals surface area contributed by atoms with Crippen molar-refractivity contribution < 1.29 is 4.74 Å². The van der Waals surface area contributed by atoms with Gasteiger partial charge in [0.2, 0.25) is 0 Å². The second-order valence-electron chi connectivity index (χ2n) is 8.99. The first-order chi connectivity index (χ1) is 15.0. The SMILES string of the molecule is COc1ccc(N2C(N)N(C3CCCCCC3)C(N)N(C3CCNCC3)C2N)cc1Cl. The van der Waals surface area contributed by atoms with Crippen LogP contribution >= 0.6 is 11.6 Å². The maximum Gasteiger partial charge on any atom is 0.139 e. The molecule has 174 valence electrons. The molecule has 0 radical (unpaired) electrons. The van der Waals surface area contributed by atoms with Gasteiger partial charge in [-0.05, 0) is 57.0 Å². The molecule has 3 atom stereocenters. The summed E-state index contributed by atoms with van der Waals surface area (Å²) in [5.41, 5.74) is 21.6. The Balaban J connectivity index is 1.70. The molecule has 3 aliphatic rings. The zero-order chi connectivity index (χ0) is 22.0. The van der Waals surface area contributed by atoms with Crippen LogP contribution in [0.4, 0.5) is 5.69 Å². The van der Waals surface area contributed by atoms with E-state index in [1.165, 1.54) is 25.7 Å². The van der Waals surface area contributed by atoms with Crippen molar-refractivity contribution in [3.8, 4) is 5.75 Å². The van der Waals surface area contributed by atoms with Gasteiger partial charge in [0.05, 0.1) is 12.1 Å². The Labute approximate surface area is 191 Å². The van der Waals surface area contributed by atoms with Gasteiger partial charge in [0.25, 0.3) is 0 Å². The number of nitrogens with two attached hydrogens (primary N) is 3. The number of nitrogens with zero attached hydrogens (tertiary/aromatic N) is 3. The molecule has 0 amide bonds. The summed E-state index contributed by atoms with van der Waals surface area (Å²) >= 11 is 6.47. The highest BCUT2D eigenvalue weighted by atomic mass is 35.5. The highest BCUT2D eigenvalue weighted by Gasteiger charge is 2.47. The van der Waals surface area contributed by atoms with Gasteiger partial charge in [-0.3, -0.25) is 11.5 Å². The molecule has 2 saturated heterocycles. The van der Waals surface area contributed by atoms with Gasteiger partial charge in [0, 0.05) is 17.8 Å². The van der Waals surface area contributed by atoms with Gasteiger partial charge in [-0.1, -0.05) is 37.3 Å². The number of ether oxygens (including phenoxy) is 1. The fraction of sp³-hybridized carbons (Fsp3) is 0.727. The fourth-order valence-corrected chi connectivity index (χ4v) is 5.81. The minimum absolute atomic E-state index is 0.304. The average Bonchev–Trinajstić information content (AvgIpc) is 3.04. The van der Waals surface area contributed by atoms with Gasteiger partial charge < -0.3 is 20.7 Å². The lowest BCUT2D eigenvalue weighted by Crippen LogP contribution is -2.81. The molecular weight excluding hydrogens is 414 g/mol. The highest BCUT2D eigenvalue weighted by molar-refractivity contribution is 6.32. The first kappa shape index (κ1) is 23.0. The molecule has 0 spiro atoms. The summed E-state index contributed by atoms with van der Waals surface area (Å²) in [7, 11) is 1.62. The van der Waals surface area contributed by atoms with Crippen LogP contribution in [0, 0.1) is 0 Å². The van der Waals surface area contributed by atoms with Crippen LogP contribution in [0.3, 0.4) is 0 Å². The summed E-state index contributed by atoms with van der Waals surface area (Å²) in [6.07, 6.45) is 8.12. The van der Waals surface area contributed by atoms with Crippen LogP contribution in [-0.2, 0) is 0 Å². The van der Waals surface area contributed by atoms with Crippen molar-refractivity contribution in [1.29, 1.82) is 0 Å². The van der Waals surface area contributed by atoms with Crippen molar-refractivity contribution in [3.63, 3.8) is 0 Å². The minimum atomic E-state index is -0.431. The predicted molar refractivity (Wildman–Crippen MR) is 125 cm³/mol. The molecule has 1 saturated carbocycles. The lowest BCUT2D eigenvalue weighted by molar-refractivity contribution is -0.109. The van der Waals surface area contributed by atoms with Crippen LogP contribution in [-0.4, -0.2) is 61.0 Å². The van der Waals surface area contributed by atoms with Crippen LogP contribution in [0.5, 0.6) is 5.75 Å². The van der Waals surface area contributed by atoms with E-state index in [2.05, 4.69) is 20.0 Å². The van der Waals surface area contributed by atoms with E-state index in [4.69, 9.17) is 33.5 Å². The molecule has 0 aromatic heterocycles. The molecule has 2 heterocycles. The molecule has 8 nitrogen and oxygen atoms in total. The van der Waals surface area contributed by atoms with E-state index in [0.717, 1.165) is 44.5 Å². The first-order valence-electron chi connectivity index (χ1n) is 11.7. The number of rotatable bonds is 4. The maximum atomic E-state index is 6.93. The molecule has 3 unspecified atom stereocenters. The molecule has 1 aromatic rings. The van der Waals surface area contributed by atoms with E-state index < -0.39 is 12.6 Å². The Bertz CT molecular complexity index is 724. The lowest BCUT2D eigenvalue weighted by Gasteiger charge is -2.59. The van der Waals surface area contributed by atoms with E-state index in [1.54, 1.807) is 7.11 Å². The van der Waals surface area contributed by atoms with Gasteiger partial charge in [0.1, 0.15) is 24.6 Å². The van der Waals surface area contributed by atoms with Crippen LogP contribution in [0.2, 0.25) is 5.02 Å². The molecule has 1 aliphatic carbocycles. The highest BCUT2D eigenvalue weighted by Crippen LogP contribution is 2.36. The minimum Gasteiger partial charge on any atom is -0.495 e. The number of hydrogen-bond donors (Lipinski definition) is 4. The van der Waals surface area contributed by atoms with Crippen LogP contribution in [0.25, 0.3) is 0 Å². The molecule has 0 bridgehead atoms. The molecule has 9 heteroatoms. The predicted octanol–water partition coefficient (Wildman–Crippen LogP) is 1.97. The molecular formula is C22H38ClN7O. The number of nitrogens with one attached hydrogen (secondary N) is 1. The van der Waals surface area contributed by atoms with E-state index in [-0.39, 0.29) is 6.29 Å². The second kappa shape index (κ2) is 10.2. The normalized spacial score (nSPS) is 30.4. The Hall–Kier alpha value is -1.13. The standard InChI is InChI=1S/C22H38ClN7O/c1-31-19-9-8-17(14-18(19)23)30-21(25)28(15-6-4-2-3-5-7-15)20(24)29(22(30)26)16-10-12-27-13-11-16/h8-9,14-16,20-22,27H,2-7,10-13,24-26H2,1H3. The van der Waals surface area contributed by atoms with Gasteiger partial charge >= 0.3 is 0 Å². The zero-order valence-corrected chi connectivity index (χ0v) is 19.3. The molecule has 3 fully saturated rings. The Morgan fingerprint density at radius 2 is 1.45 bits per heavy atom. The van der Waals surface area contributed by atoms with Crippen molar-refractivity contribution >= 4 is 17.3 Å². The third-order valence-corrected chi connectivity index (χ3v) is 7.50. The van der Waals surface area contributed by atoms with Gasteiger partial charge in [-0.25, -0.2) is 9.80 Å². The summed E-state index contributed by atoms with van der Waals surface area (Å²) < 4.78 is 5.34. The van der Waals surface area contributed by atoms with Crippen molar-refractivity contribution in [2.75, 3.05) is 25.1 Å². The van der Waals surface area contributed by atoms with E-state index in [1.807, 2.05) is 18.2 Å². The van der Waals surface area contributed by atoms with E-state index >= 15 is 0 Å². The van der Waals surface area contributed by atoms with E-state index in [0.29, 0.717) is 22.9 Å². The molecule has 2 aliphatic heterocycles. The van der Waals surface area contributed by atoms with Crippen molar-refractivity contribution in [2.45, 2.75) is 82.3 Å². The quantitative estimate of drug-likeness (QED) is 0.514. The third-order valence-electron chi connectivity index (χ3n) is 7.20. The smallest absolute Gasteiger partial charge is 0.139 e. The Kier molecular flexibility index (Phi) is 7.59. The fourth-order valence-electron chi connectivity index (χ4n) is 5.56. The molecule has 1 aromatic carbocycles. The van der Waals surface area contributed by atoms with Crippen molar-refractivity contribution in [3.05, 3.63) is 23.2 Å². The Morgan fingerprint density at radius 3 is 2.00 bits per heavy atom. The maximum absolute atomic E-state index is 6.93. The van der Waals surface area contributed by atoms with E-state index in [9.17, 15) is 0 Å². The molecule has 31 heavy (non-hydrogen) atoms. The largest absolute Gasteiger partial charge is 0.495 e. The van der Waals surface area contributed by atoms with Gasteiger partial charge in [-0.15, -0.1) is 0 Å². The Morgan fingerprint density at radius 1 is 0.871 bits per heavy atom. The monoisotopic (exact) mass is 451 g/mol. The van der Waals surface area contributed by atoms with Gasteiger partial charge in [-0.2, -0.15) is 0 Å². The third kappa shape index (κ3) is 4.66. The summed E-state index contributed by atoms with van der Waals surface area (Å²) in [5, 5.41) is 3.99. The van der Waals surface area contributed by atoms with Crippen LogP contribution in [0.15, 0.2) is 18.2 Å². The first-order valence-corrected chi connectivity index (χ1v) is 12.0. The number of anilines is 1. The second-order valence-corrected chi connectivity index (χ2v) is 9.40. The van der Waals surface area contributed by atoms with Crippen LogP contribution in [0.1, 0.15) is 51.4 Å². The number of benzene rings is 1. The summed E-state index contributed by atoms with van der Waals surface area (Å²) in [4.78, 5) is 6.64. The van der Waals surface area contributed by atoms with Crippen molar-refractivity contribution in [1.82, 2.24) is 15.1 Å². The van der Waals surface area contributed by atoms with Crippen LogP contribution < -0.4 is 32.2 Å². The summed E-state index contributed by atoms with van der Waals surface area (Å²) in [6, 6.07) is 6.40. The molecule has 4 rings (SSSR count). The van der Waals surface area contributed by atoms with Crippen molar-refractivity contribution in [2.24, 2.45) is 17.2 Å². The topological polar surface area (TPSA) is 109 Å². The van der Waals surface area contributed by atoms with Gasteiger partial charge in [0.15, 0.2) is 0 Å². The lowest BCUT2D eigenvalue weighted by atomic mass is 10.0. The molecule has 7 N–H and O–H groups in total. The number of piperidine rings is 1. The number of hydrogen-bond acceptors (Lipinski definition) is 8. The number of methoxy groups -OCH3 is 1. The zero-order valence-electron chi connectivity index (χ0n) is 18.5. The summed E-state index contributed by atoms with van der Waals surface area (Å²) in [6.45, 7) is 1.95. The average molecular weight is 452 g/mol.